The fourth-order valence-electron chi connectivity index (χ4n) is 3.38. The molecule has 0 aromatic heterocycles. The SMILES string of the molecule is COc1cc2c(cc1OC)C(c1cccc(OCCC(C)C)c1)NCC2. The van der Waals surface area contributed by atoms with E-state index in [1.807, 2.05) is 6.07 Å². The van der Waals surface area contributed by atoms with Gasteiger partial charge in [0.2, 0.25) is 0 Å². The molecule has 0 spiro atoms. The van der Waals surface area contributed by atoms with Crippen molar-refractivity contribution in [2.75, 3.05) is 27.4 Å². The van der Waals surface area contributed by atoms with E-state index in [0.717, 1.165) is 43.2 Å². The molecule has 3 rings (SSSR count). The Morgan fingerprint density at radius 2 is 1.85 bits per heavy atom. The maximum absolute atomic E-state index is 5.95. The maximum atomic E-state index is 5.95. The van der Waals surface area contributed by atoms with Crippen LogP contribution in [-0.2, 0) is 6.42 Å². The quantitative estimate of drug-likeness (QED) is 0.801. The zero-order valence-electron chi connectivity index (χ0n) is 16.2. The molecule has 1 N–H and O–H groups in total. The van der Waals surface area contributed by atoms with Gasteiger partial charge in [-0.3, -0.25) is 0 Å². The summed E-state index contributed by atoms with van der Waals surface area (Å²) in [7, 11) is 3.36. The molecule has 1 aliphatic rings. The molecule has 2 aromatic carbocycles. The summed E-state index contributed by atoms with van der Waals surface area (Å²) in [6.07, 6.45) is 2.04. The highest BCUT2D eigenvalue weighted by Crippen LogP contribution is 2.37. The van der Waals surface area contributed by atoms with Gasteiger partial charge in [0.15, 0.2) is 11.5 Å². The number of methoxy groups -OCH3 is 2. The molecule has 0 bridgehead atoms. The van der Waals surface area contributed by atoms with Crippen LogP contribution in [0.2, 0.25) is 0 Å². The van der Waals surface area contributed by atoms with Crippen LogP contribution in [0.4, 0.5) is 0 Å². The van der Waals surface area contributed by atoms with Gasteiger partial charge in [-0.15, -0.1) is 0 Å². The fraction of sp³-hybridized carbons (Fsp3) is 0.455. The molecule has 0 fully saturated rings. The van der Waals surface area contributed by atoms with Crippen LogP contribution in [-0.4, -0.2) is 27.4 Å². The van der Waals surface area contributed by atoms with Gasteiger partial charge in [0.25, 0.3) is 0 Å². The number of benzene rings is 2. The van der Waals surface area contributed by atoms with Crippen molar-refractivity contribution in [2.24, 2.45) is 5.92 Å². The second-order valence-corrected chi connectivity index (χ2v) is 7.15. The van der Waals surface area contributed by atoms with Crippen molar-refractivity contribution in [3.8, 4) is 17.2 Å². The highest BCUT2D eigenvalue weighted by molar-refractivity contribution is 5.52. The third-order valence-corrected chi connectivity index (χ3v) is 4.85. The third kappa shape index (κ3) is 4.13. The first-order valence-corrected chi connectivity index (χ1v) is 9.33. The van der Waals surface area contributed by atoms with E-state index in [1.54, 1.807) is 14.2 Å². The normalized spacial score (nSPS) is 16.3. The molecule has 1 aliphatic heterocycles. The summed E-state index contributed by atoms with van der Waals surface area (Å²) in [5.41, 5.74) is 3.76. The summed E-state index contributed by atoms with van der Waals surface area (Å²) >= 11 is 0. The lowest BCUT2D eigenvalue weighted by atomic mass is 9.89. The molecule has 0 saturated heterocycles. The van der Waals surface area contributed by atoms with Crippen LogP contribution in [0.15, 0.2) is 36.4 Å². The predicted molar refractivity (Wildman–Crippen MR) is 104 cm³/mol. The van der Waals surface area contributed by atoms with Gasteiger partial charge < -0.3 is 19.5 Å². The van der Waals surface area contributed by atoms with Gasteiger partial charge in [-0.2, -0.15) is 0 Å². The molecule has 4 heteroatoms. The maximum Gasteiger partial charge on any atom is 0.161 e. The third-order valence-electron chi connectivity index (χ3n) is 4.85. The molecule has 1 heterocycles. The van der Waals surface area contributed by atoms with Gasteiger partial charge in [0.05, 0.1) is 26.9 Å². The van der Waals surface area contributed by atoms with Gasteiger partial charge >= 0.3 is 0 Å². The molecule has 1 unspecified atom stereocenters. The van der Waals surface area contributed by atoms with Crippen LogP contribution < -0.4 is 19.5 Å². The fourth-order valence-corrected chi connectivity index (χ4v) is 3.38. The van der Waals surface area contributed by atoms with E-state index in [4.69, 9.17) is 14.2 Å². The van der Waals surface area contributed by atoms with Crippen molar-refractivity contribution in [3.05, 3.63) is 53.1 Å². The van der Waals surface area contributed by atoms with E-state index in [-0.39, 0.29) is 6.04 Å². The van der Waals surface area contributed by atoms with Crippen molar-refractivity contribution < 1.29 is 14.2 Å². The van der Waals surface area contributed by atoms with Crippen molar-refractivity contribution >= 4 is 0 Å². The van der Waals surface area contributed by atoms with Gasteiger partial charge in [-0.25, -0.2) is 0 Å². The molecular formula is C22H29NO3. The minimum atomic E-state index is 0.132. The van der Waals surface area contributed by atoms with E-state index in [0.29, 0.717) is 5.92 Å². The molecule has 0 aliphatic carbocycles. The van der Waals surface area contributed by atoms with Crippen LogP contribution >= 0.6 is 0 Å². The predicted octanol–water partition coefficient (Wildman–Crippen LogP) is 4.36. The summed E-state index contributed by atoms with van der Waals surface area (Å²) in [6, 6.07) is 12.7. The lowest BCUT2D eigenvalue weighted by molar-refractivity contribution is 0.289. The molecule has 1 atom stereocenters. The second kappa shape index (κ2) is 8.45. The van der Waals surface area contributed by atoms with Crippen LogP contribution in [0.25, 0.3) is 0 Å². The largest absolute Gasteiger partial charge is 0.494 e. The Bertz CT molecular complexity index is 742. The number of rotatable bonds is 7. The molecule has 2 aromatic rings. The molecule has 0 saturated carbocycles. The van der Waals surface area contributed by atoms with Crippen LogP contribution in [0, 0.1) is 5.92 Å². The van der Waals surface area contributed by atoms with Crippen molar-refractivity contribution in [2.45, 2.75) is 32.7 Å². The van der Waals surface area contributed by atoms with E-state index < -0.39 is 0 Å². The molecule has 4 nitrogen and oxygen atoms in total. The second-order valence-electron chi connectivity index (χ2n) is 7.15. The van der Waals surface area contributed by atoms with Gasteiger partial charge in [0, 0.05) is 6.54 Å². The Balaban J connectivity index is 1.87. The molecule has 140 valence electrons. The first kappa shape index (κ1) is 18.6. The number of nitrogens with one attached hydrogen (secondary N) is 1. The first-order valence-electron chi connectivity index (χ1n) is 9.33. The Kier molecular flexibility index (Phi) is 6.04. The van der Waals surface area contributed by atoms with E-state index in [1.165, 1.54) is 16.7 Å². The average Bonchev–Trinajstić information content (AvgIpc) is 2.66. The highest BCUT2D eigenvalue weighted by Gasteiger charge is 2.24. The Morgan fingerprint density at radius 1 is 1.08 bits per heavy atom. The van der Waals surface area contributed by atoms with Gasteiger partial charge in [-0.05, 0) is 59.7 Å². The minimum Gasteiger partial charge on any atom is -0.494 e. The zero-order valence-corrected chi connectivity index (χ0v) is 16.2. The number of fused-ring (bicyclic) bond motifs is 1. The highest BCUT2D eigenvalue weighted by atomic mass is 16.5. The Hall–Kier alpha value is -2.20. The number of ether oxygens (including phenoxy) is 3. The van der Waals surface area contributed by atoms with Crippen LogP contribution in [0.3, 0.4) is 0 Å². The van der Waals surface area contributed by atoms with Crippen molar-refractivity contribution in [1.29, 1.82) is 0 Å². The Morgan fingerprint density at radius 3 is 2.58 bits per heavy atom. The van der Waals surface area contributed by atoms with E-state index >= 15 is 0 Å². The first-order chi connectivity index (χ1) is 12.6. The monoisotopic (exact) mass is 355 g/mol. The number of hydrogen-bond acceptors (Lipinski definition) is 4. The van der Waals surface area contributed by atoms with Gasteiger partial charge in [-0.1, -0.05) is 26.0 Å². The number of hydrogen-bond donors (Lipinski definition) is 1. The summed E-state index contributed by atoms with van der Waals surface area (Å²) in [5, 5.41) is 3.63. The summed E-state index contributed by atoms with van der Waals surface area (Å²) in [6.45, 7) is 6.11. The van der Waals surface area contributed by atoms with E-state index in [2.05, 4.69) is 49.5 Å². The summed E-state index contributed by atoms with van der Waals surface area (Å²) < 4.78 is 16.9. The Labute approximate surface area is 156 Å². The lowest BCUT2D eigenvalue weighted by Gasteiger charge is -2.28. The zero-order chi connectivity index (χ0) is 18.5. The standard InChI is InChI=1S/C22H29NO3/c1-15(2)9-11-26-18-7-5-6-17(12-18)22-19-14-21(25-4)20(24-3)13-16(19)8-10-23-22/h5-7,12-15,22-23H,8-11H2,1-4H3. The topological polar surface area (TPSA) is 39.7 Å². The van der Waals surface area contributed by atoms with E-state index in [9.17, 15) is 0 Å². The van der Waals surface area contributed by atoms with Crippen LogP contribution in [0.1, 0.15) is 43.0 Å². The minimum absolute atomic E-state index is 0.132. The smallest absolute Gasteiger partial charge is 0.161 e. The molecule has 0 amide bonds. The summed E-state index contributed by atoms with van der Waals surface area (Å²) in [4.78, 5) is 0. The molecule has 0 radical (unpaired) electrons. The van der Waals surface area contributed by atoms with Crippen molar-refractivity contribution in [3.63, 3.8) is 0 Å². The lowest BCUT2D eigenvalue weighted by Crippen LogP contribution is -2.30. The molecular weight excluding hydrogens is 326 g/mol. The molecule has 26 heavy (non-hydrogen) atoms. The van der Waals surface area contributed by atoms with Crippen molar-refractivity contribution in [1.82, 2.24) is 5.32 Å². The van der Waals surface area contributed by atoms with Crippen LogP contribution in [0.5, 0.6) is 17.2 Å². The summed E-state index contributed by atoms with van der Waals surface area (Å²) in [5.74, 6) is 3.13. The average molecular weight is 355 g/mol. The van der Waals surface area contributed by atoms with Gasteiger partial charge in [0.1, 0.15) is 5.75 Å².